The van der Waals surface area contributed by atoms with Gasteiger partial charge in [-0.2, -0.15) is 5.10 Å². The highest BCUT2D eigenvalue weighted by Gasteiger charge is 2.18. The molecule has 19 heavy (non-hydrogen) atoms. The monoisotopic (exact) mass is 258 g/mol. The van der Waals surface area contributed by atoms with Gasteiger partial charge in [-0.3, -0.25) is 4.79 Å². The Morgan fingerprint density at radius 2 is 2.11 bits per heavy atom. The predicted octanol–water partition coefficient (Wildman–Crippen LogP) is 2.12. The summed E-state index contributed by atoms with van der Waals surface area (Å²) in [4.78, 5) is 11.9. The summed E-state index contributed by atoms with van der Waals surface area (Å²) in [6.07, 6.45) is 2.27. The van der Waals surface area contributed by atoms with Gasteiger partial charge in [0.2, 0.25) is 0 Å². The first kappa shape index (κ1) is 13.0. The minimum absolute atomic E-state index is 0.337. The van der Waals surface area contributed by atoms with Crippen LogP contribution in [0.15, 0.2) is 58.2 Å². The number of carbonyl (C=O) groups excluding carboxylic acids is 1. The van der Waals surface area contributed by atoms with Gasteiger partial charge in [0.25, 0.3) is 5.91 Å². The van der Waals surface area contributed by atoms with Crippen LogP contribution in [-0.4, -0.2) is 19.2 Å². The summed E-state index contributed by atoms with van der Waals surface area (Å²) < 4.78 is 10.2. The van der Waals surface area contributed by atoms with E-state index in [1.807, 2.05) is 30.3 Å². The first-order valence-electron chi connectivity index (χ1n) is 5.75. The predicted molar refractivity (Wildman–Crippen MR) is 70.6 cm³/mol. The Hall–Kier alpha value is -2.40. The molecule has 0 bridgehead atoms. The van der Waals surface area contributed by atoms with Gasteiger partial charge < -0.3 is 9.15 Å². The SMILES string of the molecule is CO[C@@H](C(=O)N/N=C\c1ccco1)c1ccccc1. The van der Waals surface area contributed by atoms with Crippen molar-refractivity contribution in [2.24, 2.45) is 5.10 Å². The summed E-state index contributed by atoms with van der Waals surface area (Å²) in [5, 5.41) is 3.81. The van der Waals surface area contributed by atoms with Crippen molar-refractivity contribution < 1.29 is 13.9 Å². The van der Waals surface area contributed by atoms with Crippen molar-refractivity contribution in [3.05, 3.63) is 60.1 Å². The van der Waals surface area contributed by atoms with Crippen LogP contribution in [-0.2, 0) is 9.53 Å². The van der Waals surface area contributed by atoms with Gasteiger partial charge in [-0.1, -0.05) is 30.3 Å². The topological polar surface area (TPSA) is 63.8 Å². The smallest absolute Gasteiger partial charge is 0.273 e. The van der Waals surface area contributed by atoms with Gasteiger partial charge in [0.05, 0.1) is 12.5 Å². The molecule has 5 nitrogen and oxygen atoms in total. The number of amides is 1. The molecule has 5 heteroatoms. The number of hydrazone groups is 1. The van der Waals surface area contributed by atoms with Crippen molar-refractivity contribution in [3.8, 4) is 0 Å². The molecule has 0 radical (unpaired) electrons. The van der Waals surface area contributed by atoms with E-state index in [0.29, 0.717) is 5.76 Å². The Kier molecular flexibility index (Phi) is 4.47. The molecular formula is C14H14N2O3. The first-order chi connectivity index (χ1) is 9.31. The third-order valence-corrected chi connectivity index (χ3v) is 2.49. The van der Waals surface area contributed by atoms with Gasteiger partial charge in [0.1, 0.15) is 5.76 Å². The van der Waals surface area contributed by atoms with Crippen LogP contribution >= 0.6 is 0 Å². The van der Waals surface area contributed by atoms with E-state index in [1.54, 1.807) is 12.1 Å². The van der Waals surface area contributed by atoms with Crippen molar-refractivity contribution in [3.63, 3.8) is 0 Å². The number of hydrogen-bond acceptors (Lipinski definition) is 4. The van der Waals surface area contributed by atoms with E-state index in [1.165, 1.54) is 19.6 Å². The summed E-state index contributed by atoms with van der Waals surface area (Å²) in [5.74, 6) is 0.227. The molecule has 2 aromatic rings. The normalized spacial score (nSPS) is 12.5. The summed E-state index contributed by atoms with van der Waals surface area (Å²) in [6.45, 7) is 0. The molecule has 1 aromatic carbocycles. The summed E-state index contributed by atoms with van der Waals surface area (Å²) in [6, 6.07) is 12.7. The fraction of sp³-hybridized carbons (Fsp3) is 0.143. The summed E-state index contributed by atoms with van der Waals surface area (Å²) in [5.41, 5.74) is 3.19. The summed E-state index contributed by atoms with van der Waals surface area (Å²) >= 11 is 0. The number of hydrogen-bond donors (Lipinski definition) is 1. The summed E-state index contributed by atoms with van der Waals surface area (Å²) in [7, 11) is 1.48. The number of nitrogens with one attached hydrogen (secondary N) is 1. The van der Waals surface area contributed by atoms with Crippen LogP contribution in [0.25, 0.3) is 0 Å². The average Bonchev–Trinajstić information content (AvgIpc) is 2.94. The van der Waals surface area contributed by atoms with Crippen LogP contribution in [0.4, 0.5) is 0 Å². The van der Waals surface area contributed by atoms with Crippen molar-refractivity contribution in [1.82, 2.24) is 5.43 Å². The van der Waals surface area contributed by atoms with Crippen LogP contribution in [0.3, 0.4) is 0 Å². The minimum Gasteiger partial charge on any atom is -0.463 e. The van der Waals surface area contributed by atoms with Gasteiger partial charge in [-0.15, -0.1) is 0 Å². The lowest BCUT2D eigenvalue weighted by molar-refractivity contribution is -0.131. The zero-order chi connectivity index (χ0) is 13.5. The Morgan fingerprint density at radius 1 is 1.32 bits per heavy atom. The highest BCUT2D eigenvalue weighted by Crippen LogP contribution is 2.15. The van der Waals surface area contributed by atoms with E-state index in [9.17, 15) is 4.79 Å². The second-order valence-corrected chi connectivity index (χ2v) is 3.78. The first-order valence-corrected chi connectivity index (χ1v) is 5.75. The van der Waals surface area contributed by atoms with Gasteiger partial charge in [0, 0.05) is 7.11 Å². The van der Waals surface area contributed by atoms with Crippen LogP contribution in [0.2, 0.25) is 0 Å². The average molecular weight is 258 g/mol. The highest BCUT2D eigenvalue weighted by atomic mass is 16.5. The van der Waals surface area contributed by atoms with Crippen molar-refractivity contribution in [1.29, 1.82) is 0 Å². The number of furan rings is 1. The van der Waals surface area contributed by atoms with E-state index >= 15 is 0 Å². The molecule has 98 valence electrons. The molecule has 1 atom stereocenters. The van der Waals surface area contributed by atoms with Crippen LogP contribution in [0, 0.1) is 0 Å². The molecule has 0 fully saturated rings. The van der Waals surface area contributed by atoms with E-state index < -0.39 is 6.10 Å². The molecule has 0 saturated heterocycles. The fourth-order valence-electron chi connectivity index (χ4n) is 1.61. The fourth-order valence-corrected chi connectivity index (χ4v) is 1.61. The van der Waals surface area contributed by atoms with E-state index in [4.69, 9.17) is 9.15 Å². The Bertz CT molecular complexity index is 535. The third kappa shape index (κ3) is 3.53. The minimum atomic E-state index is -0.685. The van der Waals surface area contributed by atoms with Gasteiger partial charge >= 0.3 is 0 Å². The lowest BCUT2D eigenvalue weighted by Gasteiger charge is -2.13. The van der Waals surface area contributed by atoms with E-state index in [2.05, 4.69) is 10.5 Å². The van der Waals surface area contributed by atoms with Crippen LogP contribution < -0.4 is 5.43 Å². The Balaban J connectivity index is 1.98. The maximum absolute atomic E-state index is 11.9. The molecule has 2 rings (SSSR count). The van der Waals surface area contributed by atoms with Crippen molar-refractivity contribution in [2.45, 2.75) is 6.10 Å². The second-order valence-electron chi connectivity index (χ2n) is 3.78. The zero-order valence-corrected chi connectivity index (χ0v) is 10.4. The molecule has 0 unspecified atom stereocenters. The maximum Gasteiger partial charge on any atom is 0.273 e. The molecule has 0 aliphatic heterocycles. The van der Waals surface area contributed by atoms with Gasteiger partial charge in [0.15, 0.2) is 6.10 Å². The van der Waals surface area contributed by atoms with Crippen molar-refractivity contribution >= 4 is 12.1 Å². The molecule has 0 saturated carbocycles. The zero-order valence-electron chi connectivity index (χ0n) is 10.4. The van der Waals surface area contributed by atoms with E-state index in [0.717, 1.165) is 5.56 Å². The maximum atomic E-state index is 11.9. The van der Waals surface area contributed by atoms with Gasteiger partial charge in [-0.05, 0) is 17.7 Å². The third-order valence-electron chi connectivity index (χ3n) is 2.49. The molecule has 0 aliphatic carbocycles. The molecular weight excluding hydrogens is 244 g/mol. The molecule has 1 amide bonds. The van der Waals surface area contributed by atoms with Crippen molar-refractivity contribution in [2.75, 3.05) is 7.11 Å². The number of carbonyl (C=O) groups is 1. The quantitative estimate of drug-likeness (QED) is 0.660. The number of methoxy groups -OCH3 is 1. The van der Waals surface area contributed by atoms with E-state index in [-0.39, 0.29) is 5.91 Å². The number of benzene rings is 1. The molecule has 0 spiro atoms. The standard InChI is InChI=1S/C14H14N2O3/c1-18-13(11-6-3-2-4-7-11)14(17)16-15-10-12-8-5-9-19-12/h2-10,13H,1H3,(H,16,17)/b15-10-/t13-/m1/s1. The Labute approximate surface area is 110 Å². The number of rotatable bonds is 5. The largest absolute Gasteiger partial charge is 0.463 e. The molecule has 1 heterocycles. The molecule has 0 aliphatic rings. The van der Waals surface area contributed by atoms with Crippen LogP contribution in [0.1, 0.15) is 17.4 Å². The lowest BCUT2D eigenvalue weighted by atomic mass is 10.1. The second kappa shape index (κ2) is 6.51. The highest BCUT2D eigenvalue weighted by molar-refractivity contribution is 5.84. The number of nitrogens with zero attached hydrogens (tertiary/aromatic N) is 1. The van der Waals surface area contributed by atoms with Gasteiger partial charge in [-0.25, -0.2) is 5.43 Å². The van der Waals surface area contributed by atoms with Crippen LogP contribution in [0.5, 0.6) is 0 Å². The molecule has 1 aromatic heterocycles. The number of ether oxygens (including phenoxy) is 1. The molecule has 1 N–H and O–H groups in total. The lowest BCUT2D eigenvalue weighted by Crippen LogP contribution is -2.26. The Morgan fingerprint density at radius 3 is 2.74 bits per heavy atom.